The number of likely N-dealkylation sites (tertiary alicyclic amines) is 1. The van der Waals surface area contributed by atoms with Gasteiger partial charge in [0.25, 0.3) is 5.91 Å². The van der Waals surface area contributed by atoms with Crippen molar-refractivity contribution in [1.82, 2.24) is 4.90 Å². The minimum Gasteiger partial charge on any atom is -0.507 e. The van der Waals surface area contributed by atoms with Crippen molar-refractivity contribution >= 4 is 29.1 Å². The van der Waals surface area contributed by atoms with Crippen molar-refractivity contribution in [2.24, 2.45) is 0 Å². The summed E-state index contributed by atoms with van der Waals surface area (Å²) in [6.07, 6.45) is 2.55. The molecule has 5 nitrogen and oxygen atoms in total. The smallest absolute Gasteiger partial charge is 0.260 e. The Bertz CT molecular complexity index is 1140. The van der Waals surface area contributed by atoms with Crippen LogP contribution in [-0.2, 0) is 11.2 Å². The highest BCUT2D eigenvalue weighted by Crippen LogP contribution is 2.36. The van der Waals surface area contributed by atoms with Gasteiger partial charge in [-0.05, 0) is 65.9 Å². The number of halogens is 2. The first-order valence-electron chi connectivity index (χ1n) is 10.8. The molecule has 1 heterocycles. The van der Waals surface area contributed by atoms with Crippen molar-refractivity contribution < 1.29 is 19.4 Å². The second kappa shape index (κ2) is 10.4. The predicted octanol–water partition coefficient (Wildman–Crippen LogP) is 5.97. The normalized spacial score (nSPS) is 13.2. The van der Waals surface area contributed by atoms with Gasteiger partial charge in [-0.25, -0.2) is 0 Å². The molecule has 0 radical (unpaired) electrons. The van der Waals surface area contributed by atoms with Crippen LogP contribution < -0.4 is 9.47 Å². The molecule has 0 aliphatic carbocycles. The Morgan fingerprint density at radius 1 is 1.00 bits per heavy atom. The summed E-state index contributed by atoms with van der Waals surface area (Å²) < 4.78 is 11.0. The summed E-state index contributed by atoms with van der Waals surface area (Å²) in [7, 11) is 1.61. The monoisotopic (exact) mass is 485 g/mol. The van der Waals surface area contributed by atoms with Crippen LogP contribution in [0.25, 0.3) is 11.1 Å². The Morgan fingerprint density at radius 2 is 1.73 bits per heavy atom. The maximum Gasteiger partial charge on any atom is 0.260 e. The third-order valence-electron chi connectivity index (χ3n) is 5.76. The average molecular weight is 486 g/mol. The van der Waals surface area contributed by atoms with Gasteiger partial charge in [0.05, 0.1) is 7.11 Å². The highest BCUT2D eigenvalue weighted by atomic mass is 35.5. The number of ether oxygens (including phenoxy) is 2. The topological polar surface area (TPSA) is 59.0 Å². The molecule has 1 fully saturated rings. The van der Waals surface area contributed by atoms with Crippen LogP contribution >= 0.6 is 23.2 Å². The largest absolute Gasteiger partial charge is 0.507 e. The number of carbonyl (C=O) groups excluding carboxylic acids is 1. The first-order valence-corrected chi connectivity index (χ1v) is 11.5. The zero-order valence-corrected chi connectivity index (χ0v) is 19.8. The number of nitrogens with zero attached hydrogens (tertiary/aromatic N) is 1. The van der Waals surface area contributed by atoms with Crippen LogP contribution in [0.4, 0.5) is 0 Å². The van der Waals surface area contributed by atoms with Gasteiger partial charge in [-0.2, -0.15) is 0 Å². The number of benzene rings is 3. The summed E-state index contributed by atoms with van der Waals surface area (Å²) in [4.78, 5) is 14.0. The lowest BCUT2D eigenvalue weighted by Gasteiger charge is -2.16. The number of methoxy groups -OCH3 is 1. The molecular formula is C26H25Cl2NO4. The second-order valence-electron chi connectivity index (χ2n) is 8.00. The molecule has 0 spiro atoms. The Morgan fingerprint density at radius 3 is 2.42 bits per heavy atom. The molecule has 1 N–H and O–H groups in total. The number of rotatable bonds is 7. The van der Waals surface area contributed by atoms with E-state index < -0.39 is 0 Å². The summed E-state index contributed by atoms with van der Waals surface area (Å²) in [6, 6.07) is 16.3. The summed E-state index contributed by atoms with van der Waals surface area (Å²) in [6.45, 7) is 1.54. The number of hydrogen-bond acceptors (Lipinski definition) is 4. The predicted molar refractivity (Wildman–Crippen MR) is 131 cm³/mol. The number of carbonyl (C=O) groups is 1. The van der Waals surface area contributed by atoms with Crippen molar-refractivity contribution in [2.45, 2.75) is 19.3 Å². The molecule has 1 aliphatic rings. The lowest BCUT2D eigenvalue weighted by Crippen LogP contribution is -2.32. The van der Waals surface area contributed by atoms with Gasteiger partial charge in [-0.1, -0.05) is 41.4 Å². The highest BCUT2D eigenvalue weighted by molar-refractivity contribution is 6.36. The molecule has 1 amide bonds. The molecule has 0 bridgehead atoms. The van der Waals surface area contributed by atoms with E-state index in [4.69, 9.17) is 32.7 Å². The zero-order chi connectivity index (χ0) is 23.4. The van der Waals surface area contributed by atoms with Gasteiger partial charge in [0.1, 0.15) is 17.2 Å². The summed E-state index contributed by atoms with van der Waals surface area (Å²) >= 11 is 13.1. The van der Waals surface area contributed by atoms with Crippen molar-refractivity contribution in [3.05, 3.63) is 75.8 Å². The van der Waals surface area contributed by atoms with Gasteiger partial charge in [0.2, 0.25) is 0 Å². The molecule has 172 valence electrons. The van der Waals surface area contributed by atoms with Crippen LogP contribution in [0.3, 0.4) is 0 Å². The summed E-state index contributed by atoms with van der Waals surface area (Å²) in [5.74, 6) is 1.32. The zero-order valence-electron chi connectivity index (χ0n) is 18.3. The van der Waals surface area contributed by atoms with E-state index in [1.165, 1.54) is 0 Å². The van der Waals surface area contributed by atoms with Crippen molar-refractivity contribution in [2.75, 3.05) is 26.8 Å². The molecular weight excluding hydrogens is 461 g/mol. The molecule has 0 unspecified atom stereocenters. The van der Waals surface area contributed by atoms with E-state index in [9.17, 15) is 9.90 Å². The molecule has 1 saturated heterocycles. The molecule has 7 heteroatoms. The van der Waals surface area contributed by atoms with Gasteiger partial charge in [0, 0.05) is 35.1 Å². The highest BCUT2D eigenvalue weighted by Gasteiger charge is 2.19. The van der Waals surface area contributed by atoms with Gasteiger partial charge in [-0.3, -0.25) is 4.79 Å². The molecule has 0 aromatic heterocycles. The SMILES string of the molecule is COc1cccc(-c2cc(Cc3c(Cl)cc(OCC(=O)N4CCCC4)cc3Cl)ccc2O)c1. The Kier molecular flexibility index (Phi) is 7.31. The van der Waals surface area contributed by atoms with E-state index in [0.29, 0.717) is 33.5 Å². The van der Waals surface area contributed by atoms with Crippen LogP contribution in [0, 0.1) is 0 Å². The maximum absolute atomic E-state index is 12.2. The Labute approximate surface area is 203 Å². The average Bonchev–Trinajstić information content (AvgIpc) is 3.36. The van der Waals surface area contributed by atoms with Crippen LogP contribution in [0.5, 0.6) is 17.2 Å². The lowest BCUT2D eigenvalue weighted by molar-refractivity contribution is -0.132. The van der Waals surface area contributed by atoms with E-state index in [-0.39, 0.29) is 18.3 Å². The van der Waals surface area contributed by atoms with Gasteiger partial charge >= 0.3 is 0 Å². The summed E-state index contributed by atoms with van der Waals surface area (Å²) in [5.41, 5.74) is 3.22. The van der Waals surface area contributed by atoms with Crippen LogP contribution in [0.2, 0.25) is 10.0 Å². The van der Waals surface area contributed by atoms with E-state index in [1.807, 2.05) is 41.3 Å². The van der Waals surface area contributed by atoms with Gasteiger partial charge in [0.15, 0.2) is 6.61 Å². The number of aromatic hydroxyl groups is 1. The summed E-state index contributed by atoms with van der Waals surface area (Å²) in [5, 5.41) is 11.3. The fraction of sp³-hybridized carbons (Fsp3) is 0.269. The van der Waals surface area contributed by atoms with Crippen molar-refractivity contribution in [3.63, 3.8) is 0 Å². The van der Waals surface area contributed by atoms with Crippen molar-refractivity contribution in [1.29, 1.82) is 0 Å². The van der Waals surface area contributed by atoms with E-state index in [2.05, 4.69) is 0 Å². The van der Waals surface area contributed by atoms with Gasteiger partial charge < -0.3 is 19.5 Å². The Balaban J connectivity index is 1.51. The van der Waals surface area contributed by atoms with Gasteiger partial charge in [-0.15, -0.1) is 0 Å². The third kappa shape index (κ3) is 5.55. The molecule has 1 aliphatic heterocycles. The van der Waals surface area contributed by atoms with Crippen LogP contribution in [0.1, 0.15) is 24.0 Å². The molecule has 0 saturated carbocycles. The molecule has 4 rings (SSSR count). The second-order valence-corrected chi connectivity index (χ2v) is 8.82. The quantitative estimate of drug-likeness (QED) is 0.447. The van der Waals surface area contributed by atoms with Crippen molar-refractivity contribution in [3.8, 4) is 28.4 Å². The molecule has 3 aromatic rings. The number of amides is 1. The van der Waals surface area contributed by atoms with E-state index in [0.717, 1.165) is 42.6 Å². The molecule has 3 aromatic carbocycles. The number of hydrogen-bond donors (Lipinski definition) is 1. The standard InChI is InChI=1S/C26H25Cl2NO4/c1-32-19-6-4-5-18(13-19)21-11-17(7-8-25(21)30)12-22-23(27)14-20(15-24(22)28)33-16-26(31)29-9-2-3-10-29/h4-8,11,13-15,30H,2-3,9-10,12,16H2,1H3. The fourth-order valence-corrected chi connectivity index (χ4v) is 4.55. The molecule has 33 heavy (non-hydrogen) atoms. The van der Waals surface area contributed by atoms with E-state index >= 15 is 0 Å². The lowest BCUT2D eigenvalue weighted by atomic mass is 9.98. The molecule has 0 atom stereocenters. The maximum atomic E-state index is 12.2. The minimum absolute atomic E-state index is 0.0296. The first kappa shape index (κ1) is 23.3. The number of phenols is 1. The first-order chi connectivity index (χ1) is 15.9. The third-order valence-corrected chi connectivity index (χ3v) is 6.43. The number of phenolic OH excluding ortho intramolecular Hbond substituents is 1. The fourth-order valence-electron chi connectivity index (χ4n) is 3.95. The Hall–Kier alpha value is -2.89. The van der Waals surface area contributed by atoms with E-state index in [1.54, 1.807) is 25.3 Å². The van der Waals surface area contributed by atoms with Crippen LogP contribution in [-0.4, -0.2) is 42.7 Å². The van der Waals surface area contributed by atoms with Crippen LogP contribution in [0.15, 0.2) is 54.6 Å². The minimum atomic E-state index is -0.0339.